The van der Waals surface area contributed by atoms with Crippen molar-refractivity contribution in [3.05, 3.63) is 121 Å². The molecule has 0 aliphatic carbocycles. The molecule has 260 valence electrons. The highest BCUT2D eigenvalue weighted by Gasteiger charge is 2.53. The largest absolute Gasteiger partial charge is 0.394 e. The Morgan fingerprint density at radius 1 is 0.449 bits per heavy atom. The summed E-state index contributed by atoms with van der Waals surface area (Å²) in [5, 5.41) is 67.3. The first-order valence-corrected chi connectivity index (χ1v) is 18.5. The minimum absolute atomic E-state index is 0.608. The number of ether oxygens (including phenoxy) is 3. The Bertz CT molecular complexity index is 1480. The molecule has 0 aromatic heterocycles. The van der Waals surface area contributed by atoms with Crippen molar-refractivity contribution in [3.63, 3.8) is 0 Å². The summed E-state index contributed by atoms with van der Waals surface area (Å²) >= 11 is 0. The lowest BCUT2D eigenvalue weighted by Gasteiger charge is -2.47. The molecule has 10 atom stereocenters. The fraction of sp³-hybridized carbons (Fsp3) is 0.333. The van der Waals surface area contributed by atoms with Crippen LogP contribution < -0.4 is 21.2 Å². The van der Waals surface area contributed by atoms with Crippen molar-refractivity contribution in [2.75, 3.05) is 13.2 Å². The molecule has 49 heavy (non-hydrogen) atoms. The van der Waals surface area contributed by atoms with E-state index in [4.69, 9.17) is 23.3 Å². The molecule has 2 aliphatic heterocycles. The number of rotatable bonds is 12. The average molecular weight is 711 g/mol. The molecular formula is C36H40O11P2. The van der Waals surface area contributed by atoms with Gasteiger partial charge in [0.05, 0.1) is 29.5 Å². The van der Waals surface area contributed by atoms with E-state index in [1.807, 2.05) is 121 Å². The van der Waals surface area contributed by atoms with Crippen LogP contribution in [0.4, 0.5) is 0 Å². The Labute approximate surface area is 286 Å². The van der Waals surface area contributed by atoms with Crippen LogP contribution in [0.3, 0.4) is 0 Å². The Balaban J connectivity index is 1.43. The summed E-state index contributed by atoms with van der Waals surface area (Å²) in [4.78, 5) is 0. The molecule has 13 heteroatoms. The van der Waals surface area contributed by atoms with Crippen molar-refractivity contribution in [3.8, 4) is 0 Å². The number of hydrogen-bond donors (Lipinski definition) is 6. The molecule has 0 spiro atoms. The number of aliphatic hydroxyl groups excluding tert-OH is 6. The van der Waals surface area contributed by atoms with E-state index < -0.39 is 90.9 Å². The monoisotopic (exact) mass is 710 g/mol. The Morgan fingerprint density at radius 2 is 0.816 bits per heavy atom. The van der Waals surface area contributed by atoms with E-state index in [1.54, 1.807) is 0 Å². The van der Waals surface area contributed by atoms with Gasteiger partial charge in [-0.15, -0.1) is 0 Å². The van der Waals surface area contributed by atoms with Gasteiger partial charge >= 0.3 is 0 Å². The quantitative estimate of drug-likeness (QED) is 0.115. The summed E-state index contributed by atoms with van der Waals surface area (Å²) in [7, 11) is -3.17. The van der Waals surface area contributed by atoms with Crippen molar-refractivity contribution < 1.29 is 53.9 Å². The van der Waals surface area contributed by atoms with E-state index in [9.17, 15) is 30.6 Å². The fourth-order valence-corrected chi connectivity index (χ4v) is 9.54. The summed E-state index contributed by atoms with van der Waals surface area (Å²) in [5.74, 6) is 0. The van der Waals surface area contributed by atoms with E-state index in [1.165, 1.54) is 0 Å². The van der Waals surface area contributed by atoms with Crippen LogP contribution in [0.2, 0.25) is 0 Å². The maximum absolute atomic E-state index is 11.8. The summed E-state index contributed by atoms with van der Waals surface area (Å²) in [6, 6.07) is 38.2. The number of benzene rings is 4. The van der Waals surface area contributed by atoms with Crippen LogP contribution in [0.25, 0.3) is 0 Å². The van der Waals surface area contributed by atoms with Gasteiger partial charge in [0.1, 0.15) is 48.8 Å². The molecule has 0 unspecified atom stereocenters. The Morgan fingerprint density at radius 3 is 1.22 bits per heavy atom. The highest BCUT2D eigenvalue weighted by molar-refractivity contribution is 7.69. The van der Waals surface area contributed by atoms with E-state index in [0.29, 0.717) is 0 Å². The van der Waals surface area contributed by atoms with Gasteiger partial charge < -0.3 is 53.9 Å². The van der Waals surface area contributed by atoms with Crippen LogP contribution in [0.5, 0.6) is 0 Å². The fourth-order valence-electron chi connectivity index (χ4n) is 5.73. The zero-order valence-corrected chi connectivity index (χ0v) is 28.1. The lowest BCUT2D eigenvalue weighted by Crippen LogP contribution is -2.64. The molecule has 6 N–H and O–H groups in total. The molecule has 4 aromatic carbocycles. The summed E-state index contributed by atoms with van der Waals surface area (Å²) in [6.07, 6.45) is -14.3. The van der Waals surface area contributed by atoms with Gasteiger partial charge in [0.15, 0.2) is 12.6 Å². The molecule has 4 aromatic rings. The third-order valence-corrected chi connectivity index (χ3v) is 12.3. The Hall–Kier alpha value is -2.70. The zero-order valence-electron chi connectivity index (χ0n) is 26.4. The number of aliphatic hydroxyl groups is 6. The van der Waals surface area contributed by atoms with Gasteiger partial charge in [-0.1, -0.05) is 121 Å². The van der Waals surface area contributed by atoms with Gasteiger partial charge in [-0.2, -0.15) is 0 Å². The predicted octanol–water partition coefficient (Wildman–Crippen LogP) is 0.747. The smallest absolute Gasteiger partial charge is 0.190 e. The van der Waals surface area contributed by atoms with Crippen LogP contribution in [-0.4, -0.2) is 105 Å². The second kappa shape index (κ2) is 17.0. The molecule has 2 heterocycles. The standard InChI is InChI=1S/C36H40O11P2/c37-21-27-29(39)31(41)32(42)35(43-27)45-36-34(47-49(25-17-9-3-10-18-25)26-19-11-4-12-20-26)33(30(40)28(22-38)44-36)46-48(23-13-5-1-6-14-23)24-15-7-2-8-16-24/h1-20,27-42H,21-22H2/t27-,28-,29-,30-,31+,32-,33+,34-,35-,36-/m1/s1. The van der Waals surface area contributed by atoms with Gasteiger partial charge in [0, 0.05) is 21.2 Å². The van der Waals surface area contributed by atoms with Gasteiger partial charge in [-0.3, -0.25) is 0 Å². The van der Waals surface area contributed by atoms with Crippen LogP contribution in [-0.2, 0) is 23.3 Å². The molecule has 0 radical (unpaired) electrons. The first-order valence-electron chi connectivity index (χ1n) is 15.9. The van der Waals surface area contributed by atoms with Gasteiger partial charge in [-0.05, 0) is 0 Å². The topological polar surface area (TPSA) is 168 Å². The summed E-state index contributed by atoms with van der Waals surface area (Å²) in [5.41, 5.74) is 0. The molecule has 6 rings (SSSR count). The molecule has 11 nitrogen and oxygen atoms in total. The molecule has 0 saturated carbocycles. The molecule has 0 amide bonds. The maximum Gasteiger partial charge on any atom is 0.190 e. The predicted molar refractivity (Wildman–Crippen MR) is 184 cm³/mol. The van der Waals surface area contributed by atoms with Crippen molar-refractivity contribution in [2.24, 2.45) is 0 Å². The molecule has 2 aliphatic rings. The van der Waals surface area contributed by atoms with Crippen LogP contribution >= 0.6 is 16.3 Å². The lowest BCUT2D eigenvalue weighted by atomic mass is 9.98. The molecule has 2 saturated heterocycles. The third-order valence-electron chi connectivity index (χ3n) is 8.33. The lowest BCUT2D eigenvalue weighted by molar-refractivity contribution is -0.371. The highest BCUT2D eigenvalue weighted by atomic mass is 31.1. The minimum atomic E-state index is -1.74. The SMILES string of the molecule is OC[C@H]1O[C@H](O[C@H]2O[C@H](CO)[C@@H](O)[C@H](OP(c3ccccc3)c3ccccc3)[C@H]2OP(c2ccccc2)c2ccccc2)[C@H](O)[C@@H](O)[C@@H]1O. The molecule has 0 bridgehead atoms. The average Bonchev–Trinajstić information content (AvgIpc) is 3.15. The van der Waals surface area contributed by atoms with Crippen LogP contribution in [0.15, 0.2) is 121 Å². The first-order chi connectivity index (χ1) is 23.9. The van der Waals surface area contributed by atoms with Crippen molar-refractivity contribution in [1.29, 1.82) is 0 Å². The van der Waals surface area contributed by atoms with Gasteiger partial charge in [0.2, 0.25) is 0 Å². The second-order valence-electron chi connectivity index (χ2n) is 11.6. The third kappa shape index (κ3) is 8.28. The summed E-state index contributed by atoms with van der Waals surface area (Å²) < 4.78 is 31.9. The van der Waals surface area contributed by atoms with Crippen molar-refractivity contribution in [1.82, 2.24) is 0 Å². The van der Waals surface area contributed by atoms with Crippen molar-refractivity contribution in [2.45, 2.75) is 61.4 Å². The van der Waals surface area contributed by atoms with Crippen LogP contribution in [0, 0.1) is 0 Å². The second-order valence-corrected chi connectivity index (χ2v) is 15.3. The summed E-state index contributed by atoms with van der Waals surface area (Å²) in [6.45, 7) is -1.27. The molecular weight excluding hydrogens is 670 g/mol. The highest BCUT2D eigenvalue weighted by Crippen LogP contribution is 2.46. The van der Waals surface area contributed by atoms with E-state index in [-0.39, 0.29) is 0 Å². The minimum Gasteiger partial charge on any atom is -0.394 e. The molecule has 2 fully saturated rings. The van der Waals surface area contributed by atoms with E-state index in [0.717, 1.165) is 21.2 Å². The number of hydrogen-bond acceptors (Lipinski definition) is 11. The van der Waals surface area contributed by atoms with E-state index in [2.05, 4.69) is 0 Å². The van der Waals surface area contributed by atoms with E-state index >= 15 is 0 Å². The van der Waals surface area contributed by atoms with Crippen molar-refractivity contribution >= 4 is 37.5 Å². The van der Waals surface area contributed by atoms with Gasteiger partial charge in [0.25, 0.3) is 0 Å². The first kappa shape index (κ1) is 36.1. The van der Waals surface area contributed by atoms with Crippen LogP contribution in [0.1, 0.15) is 0 Å². The maximum atomic E-state index is 11.8. The zero-order chi connectivity index (χ0) is 34.3. The normalized spacial score (nSPS) is 30.4. The van der Waals surface area contributed by atoms with Gasteiger partial charge in [-0.25, -0.2) is 0 Å². The Kier molecular flexibility index (Phi) is 12.5.